The van der Waals surface area contributed by atoms with Gasteiger partial charge in [-0.15, -0.1) is 0 Å². The molecule has 0 amide bonds. The Bertz CT molecular complexity index is 641. The van der Waals surface area contributed by atoms with E-state index in [1.165, 1.54) is 18.0 Å². The van der Waals surface area contributed by atoms with Gasteiger partial charge in [-0.25, -0.2) is 14.8 Å². The fourth-order valence-corrected chi connectivity index (χ4v) is 2.04. The Hall–Kier alpha value is -2.28. The third-order valence-corrected chi connectivity index (χ3v) is 3.29. The predicted octanol–water partition coefficient (Wildman–Crippen LogP) is 2.53. The number of nitrogens with one attached hydrogen (secondary N) is 1. The molecule has 0 saturated heterocycles. The van der Waals surface area contributed by atoms with E-state index in [0.29, 0.717) is 16.5 Å². The summed E-state index contributed by atoms with van der Waals surface area (Å²) in [4.78, 5) is 19.4. The second-order valence-corrected chi connectivity index (χ2v) is 4.86. The van der Waals surface area contributed by atoms with E-state index in [2.05, 4.69) is 15.3 Å². The minimum atomic E-state index is -1.09. The number of aromatic nitrogens is 2. The van der Waals surface area contributed by atoms with Gasteiger partial charge in [0.25, 0.3) is 0 Å². The highest BCUT2D eigenvalue weighted by atomic mass is 32.2. The van der Waals surface area contributed by atoms with Crippen LogP contribution in [0.15, 0.2) is 29.6 Å². The molecular weight excluding hydrogens is 276 g/mol. The molecule has 0 atom stereocenters. The van der Waals surface area contributed by atoms with Gasteiger partial charge in [0.1, 0.15) is 11.4 Å². The molecule has 1 aromatic carbocycles. The maximum absolute atomic E-state index is 11.2. The van der Waals surface area contributed by atoms with Crippen LogP contribution in [0.25, 0.3) is 0 Å². The van der Waals surface area contributed by atoms with E-state index in [4.69, 9.17) is 5.73 Å². The Morgan fingerprint density at radius 3 is 2.80 bits per heavy atom. The molecule has 6 nitrogen and oxygen atoms in total. The largest absolute Gasteiger partial charge is 0.477 e. The first-order chi connectivity index (χ1) is 9.52. The van der Waals surface area contributed by atoms with Gasteiger partial charge in [0, 0.05) is 6.20 Å². The molecule has 0 aliphatic rings. The molecule has 104 valence electrons. The van der Waals surface area contributed by atoms with Gasteiger partial charge in [-0.3, -0.25) is 0 Å². The van der Waals surface area contributed by atoms with E-state index in [1.807, 2.05) is 25.3 Å². The molecule has 0 aliphatic carbocycles. The highest BCUT2D eigenvalue weighted by molar-refractivity contribution is 7.98. The number of nitrogen functional groups attached to an aromatic ring is 1. The molecule has 0 saturated carbocycles. The minimum Gasteiger partial charge on any atom is -0.477 e. The number of benzene rings is 1. The van der Waals surface area contributed by atoms with Crippen molar-refractivity contribution in [3.05, 3.63) is 35.5 Å². The summed E-state index contributed by atoms with van der Waals surface area (Å²) in [5, 5.41) is 12.7. The van der Waals surface area contributed by atoms with Crippen molar-refractivity contribution >= 4 is 34.9 Å². The van der Waals surface area contributed by atoms with E-state index in [9.17, 15) is 9.90 Å². The van der Waals surface area contributed by atoms with Gasteiger partial charge in [0.15, 0.2) is 5.16 Å². The summed E-state index contributed by atoms with van der Waals surface area (Å²) in [5.74, 6) is -0.856. The number of hydrogen-bond acceptors (Lipinski definition) is 6. The molecule has 2 aromatic rings. The monoisotopic (exact) mass is 290 g/mol. The van der Waals surface area contributed by atoms with Crippen LogP contribution in [0, 0.1) is 6.92 Å². The topological polar surface area (TPSA) is 101 Å². The van der Waals surface area contributed by atoms with Crippen molar-refractivity contribution in [3.63, 3.8) is 0 Å². The molecule has 0 spiro atoms. The molecule has 4 N–H and O–H groups in total. The molecule has 0 radical (unpaired) electrons. The molecule has 0 fully saturated rings. The second kappa shape index (κ2) is 5.79. The maximum Gasteiger partial charge on any atom is 0.341 e. The maximum atomic E-state index is 11.2. The standard InChI is InChI=1S/C13H14N4O2S/c1-7-4-3-5-9(14)10(7)16-11-8(12(18)19)6-15-13(17-11)20-2/h3-6H,14H2,1-2H3,(H,18,19)(H,15,16,17). The van der Waals surface area contributed by atoms with Crippen LogP contribution < -0.4 is 11.1 Å². The Balaban J connectivity index is 2.49. The lowest BCUT2D eigenvalue weighted by Crippen LogP contribution is -2.08. The third-order valence-electron chi connectivity index (χ3n) is 2.73. The van der Waals surface area contributed by atoms with E-state index in [-0.39, 0.29) is 11.4 Å². The summed E-state index contributed by atoms with van der Waals surface area (Å²) in [5.41, 5.74) is 8.01. The number of aromatic carboxylic acids is 1. The number of carbonyl (C=O) groups is 1. The molecule has 1 heterocycles. The van der Waals surface area contributed by atoms with Crippen LogP contribution in [0.2, 0.25) is 0 Å². The number of carboxylic acids is 1. The average Bonchev–Trinajstić information content (AvgIpc) is 2.42. The second-order valence-electron chi connectivity index (χ2n) is 4.09. The van der Waals surface area contributed by atoms with E-state index in [1.54, 1.807) is 6.07 Å². The lowest BCUT2D eigenvalue weighted by Gasteiger charge is -2.13. The Morgan fingerprint density at radius 2 is 2.20 bits per heavy atom. The summed E-state index contributed by atoms with van der Waals surface area (Å²) in [6.07, 6.45) is 3.11. The summed E-state index contributed by atoms with van der Waals surface area (Å²) in [6, 6.07) is 5.46. The quantitative estimate of drug-likeness (QED) is 0.452. The van der Waals surface area contributed by atoms with Gasteiger partial charge < -0.3 is 16.2 Å². The highest BCUT2D eigenvalue weighted by Crippen LogP contribution is 2.28. The zero-order chi connectivity index (χ0) is 14.7. The Morgan fingerprint density at radius 1 is 1.45 bits per heavy atom. The molecule has 7 heteroatoms. The van der Waals surface area contributed by atoms with Crippen LogP contribution in [0.4, 0.5) is 17.2 Å². The fourth-order valence-electron chi connectivity index (χ4n) is 1.70. The third kappa shape index (κ3) is 2.83. The smallest absolute Gasteiger partial charge is 0.341 e. The van der Waals surface area contributed by atoms with Gasteiger partial charge in [0.05, 0.1) is 11.4 Å². The number of para-hydroxylation sites is 1. The molecule has 0 unspecified atom stereocenters. The fraction of sp³-hybridized carbons (Fsp3) is 0.154. The first-order valence-electron chi connectivity index (χ1n) is 5.79. The molecule has 0 aliphatic heterocycles. The van der Waals surface area contributed by atoms with Crippen LogP contribution in [-0.4, -0.2) is 27.3 Å². The predicted molar refractivity (Wildman–Crippen MR) is 79.6 cm³/mol. The summed E-state index contributed by atoms with van der Waals surface area (Å²) >= 11 is 1.34. The number of aryl methyl sites for hydroxylation is 1. The van der Waals surface area contributed by atoms with Crippen molar-refractivity contribution in [2.45, 2.75) is 12.1 Å². The summed E-state index contributed by atoms with van der Waals surface area (Å²) in [6.45, 7) is 1.88. The summed E-state index contributed by atoms with van der Waals surface area (Å²) in [7, 11) is 0. The number of hydrogen-bond donors (Lipinski definition) is 3. The number of nitrogens with zero attached hydrogens (tertiary/aromatic N) is 2. The van der Waals surface area contributed by atoms with Crippen LogP contribution >= 0.6 is 11.8 Å². The van der Waals surface area contributed by atoms with Crippen molar-refractivity contribution in [2.75, 3.05) is 17.3 Å². The van der Waals surface area contributed by atoms with E-state index in [0.717, 1.165) is 5.56 Å². The number of nitrogens with two attached hydrogens (primary N) is 1. The SMILES string of the molecule is CSc1ncc(C(=O)O)c(Nc2c(C)cccc2N)n1. The molecule has 20 heavy (non-hydrogen) atoms. The molecule has 0 bridgehead atoms. The van der Waals surface area contributed by atoms with E-state index < -0.39 is 5.97 Å². The van der Waals surface area contributed by atoms with Crippen LogP contribution in [-0.2, 0) is 0 Å². The first kappa shape index (κ1) is 14.1. The van der Waals surface area contributed by atoms with Crippen molar-refractivity contribution in [3.8, 4) is 0 Å². The van der Waals surface area contributed by atoms with Crippen molar-refractivity contribution in [2.24, 2.45) is 0 Å². The minimum absolute atomic E-state index is 0.00505. The van der Waals surface area contributed by atoms with E-state index >= 15 is 0 Å². The number of rotatable bonds is 4. The van der Waals surface area contributed by atoms with Gasteiger partial charge in [0.2, 0.25) is 0 Å². The lowest BCUT2D eigenvalue weighted by molar-refractivity contribution is 0.0697. The summed E-state index contributed by atoms with van der Waals surface area (Å²) < 4.78 is 0. The van der Waals surface area contributed by atoms with Crippen molar-refractivity contribution in [1.29, 1.82) is 0 Å². The van der Waals surface area contributed by atoms with Gasteiger partial charge in [-0.2, -0.15) is 0 Å². The first-order valence-corrected chi connectivity index (χ1v) is 7.02. The van der Waals surface area contributed by atoms with Crippen LogP contribution in [0.1, 0.15) is 15.9 Å². The average molecular weight is 290 g/mol. The number of carboxylic acid groups (broad SMARTS) is 1. The normalized spacial score (nSPS) is 10.3. The van der Waals surface area contributed by atoms with Gasteiger partial charge >= 0.3 is 5.97 Å². The van der Waals surface area contributed by atoms with Crippen molar-refractivity contribution in [1.82, 2.24) is 9.97 Å². The zero-order valence-corrected chi connectivity index (χ0v) is 11.9. The number of anilines is 3. The molecular formula is C13H14N4O2S. The van der Waals surface area contributed by atoms with Crippen LogP contribution in [0.5, 0.6) is 0 Å². The highest BCUT2D eigenvalue weighted by Gasteiger charge is 2.15. The molecule has 1 aromatic heterocycles. The van der Waals surface area contributed by atoms with Gasteiger partial charge in [-0.1, -0.05) is 23.9 Å². The van der Waals surface area contributed by atoms with Crippen molar-refractivity contribution < 1.29 is 9.90 Å². The van der Waals surface area contributed by atoms with Crippen LogP contribution in [0.3, 0.4) is 0 Å². The Labute approximate surface area is 120 Å². The Kier molecular flexibility index (Phi) is 4.09. The van der Waals surface area contributed by atoms with Gasteiger partial charge in [-0.05, 0) is 24.8 Å². The molecule has 2 rings (SSSR count). The number of thioether (sulfide) groups is 1. The zero-order valence-electron chi connectivity index (χ0n) is 11.0. The lowest BCUT2D eigenvalue weighted by atomic mass is 10.1.